The predicted octanol–water partition coefficient (Wildman–Crippen LogP) is 6.43. The number of hydrogen-bond donors (Lipinski definition) is 0. The molecule has 1 aromatic carbocycles. The number of hydrogen-bond acceptors (Lipinski definition) is 2. The van der Waals surface area contributed by atoms with Gasteiger partial charge < -0.3 is 4.18 Å². The van der Waals surface area contributed by atoms with Crippen LogP contribution in [0.3, 0.4) is 0 Å². The van der Waals surface area contributed by atoms with Crippen LogP contribution in [0.4, 0.5) is 0 Å². The van der Waals surface area contributed by atoms with Crippen LogP contribution >= 0.6 is 12.0 Å². The lowest BCUT2D eigenvalue weighted by Crippen LogP contribution is -2.17. The molecular weight excluding hydrogens is 276 g/mol. The summed E-state index contributed by atoms with van der Waals surface area (Å²) in [5.41, 5.74) is 1.29. The van der Waals surface area contributed by atoms with Gasteiger partial charge in [0.2, 0.25) is 0 Å². The van der Waals surface area contributed by atoms with Crippen LogP contribution in [-0.4, -0.2) is 6.61 Å². The first-order valence-electron chi connectivity index (χ1n) is 8.18. The van der Waals surface area contributed by atoms with Crippen LogP contribution in [0.25, 0.3) is 0 Å². The van der Waals surface area contributed by atoms with Crippen molar-refractivity contribution in [1.29, 1.82) is 0 Å². The van der Waals surface area contributed by atoms with Gasteiger partial charge in [0.25, 0.3) is 0 Å². The molecule has 1 aliphatic rings. The molecule has 0 saturated heterocycles. The summed E-state index contributed by atoms with van der Waals surface area (Å²) in [6, 6.07) is 8.49. The van der Waals surface area contributed by atoms with Gasteiger partial charge in [0, 0.05) is 16.9 Å². The van der Waals surface area contributed by atoms with Gasteiger partial charge in [-0.15, -0.1) is 6.58 Å². The Kier molecular flexibility index (Phi) is 9.53. The van der Waals surface area contributed by atoms with E-state index in [0.29, 0.717) is 11.8 Å². The molecule has 0 aliphatic heterocycles. The van der Waals surface area contributed by atoms with Gasteiger partial charge in [-0.25, -0.2) is 0 Å². The summed E-state index contributed by atoms with van der Waals surface area (Å²) in [5, 5.41) is 0. The van der Waals surface area contributed by atoms with Gasteiger partial charge in [0.05, 0.1) is 6.61 Å². The molecule has 0 heterocycles. The average Bonchev–Trinajstić information content (AvgIpc) is 2.50. The maximum atomic E-state index is 5.77. The second-order valence-corrected chi connectivity index (χ2v) is 6.79. The Bertz CT molecular complexity index is 385. The van der Waals surface area contributed by atoms with Crippen molar-refractivity contribution in [1.82, 2.24) is 0 Å². The summed E-state index contributed by atoms with van der Waals surface area (Å²) in [7, 11) is 0. The fraction of sp³-hybridized carbons (Fsp3) is 0.579. The largest absolute Gasteiger partial charge is 0.310 e. The predicted molar refractivity (Wildman–Crippen MR) is 94.6 cm³/mol. The topological polar surface area (TPSA) is 9.23 Å². The Morgan fingerprint density at radius 1 is 1.24 bits per heavy atom. The van der Waals surface area contributed by atoms with Crippen LogP contribution in [-0.2, 0) is 4.18 Å². The van der Waals surface area contributed by atoms with Gasteiger partial charge in [0.1, 0.15) is 0 Å². The molecule has 1 aromatic rings. The standard InChI is InChI=1S/C16H22OS.C3H8/c1-3-14-5-4-6-15(11-14)12-17-18-16-9-7-13(2)8-10-16;1-3-2/h3,7-10,14-15H,1,4-6,11-12H2,2H3;3H2,1-2H3. The minimum atomic E-state index is 0.705. The number of aryl methyl sites for hydroxylation is 1. The van der Waals surface area contributed by atoms with E-state index in [1.54, 1.807) is 0 Å². The quantitative estimate of drug-likeness (QED) is 0.458. The molecule has 0 N–H and O–H groups in total. The SMILES string of the molecule is C=CC1CCCC(COSc2ccc(C)cc2)C1.CCC. The minimum absolute atomic E-state index is 0.705. The molecule has 0 radical (unpaired) electrons. The van der Waals surface area contributed by atoms with E-state index in [4.69, 9.17) is 4.18 Å². The molecule has 0 spiro atoms. The molecule has 1 nitrogen and oxygen atoms in total. The lowest BCUT2D eigenvalue weighted by molar-refractivity contribution is 0.212. The molecule has 118 valence electrons. The zero-order valence-corrected chi connectivity index (χ0v) is 14.6. The lowest BCUT2D eigenvalue weighted by atomic mass is 9.82. The summed E-state index contributed by atoms with van der Waals surface area (Å²) in [6.45, 7) is 11.1. The van der Waals surface area contributed by atoms with E-state index in [2.05, 4.69) is 57.7 Å². The molecule has 1 saturated carbocycles. The zero-order valence-electron chi connectivity index (χ0n) is 13.8. The molecule has 2 rings (SSSR count). The Hall–Kier alpha value is -0.730. The highest BCUT2D eigenvalue weighted by Crippen LogP contribution is 2.31. The third-order valence-electron chi connectivity index (χ3n) is 3.64. The van der Waals surface area contributed by atoms with Crippen molar-refractivity contribution < 1.29 is 4.18 Å². The van der Waals surface area contributed by atoms with Crippen LogP contribution in [0.15, 0.2) is 41.8 Å². The van der Waals surface area contributed by atoms with Crippen LogP contribution in [0.5, 0.6) is 0 Å². The van der Waals surface area contributed by atoms with Crippen molar-refractivity contribution in [3.8, 4) is 0 Å². The Balaban J connectivity index is 0.000000677. The summed E-state index contributed by atoms with van der Waals surface area (Å²) in [5.74, 6) is 1.41. The van der Waals surface area contributed by atoms with Crippen LogP contribution in [0, 0.1) is 18.8 Å². The maximum absolute atomic E-state index is 5.77. The highest BCUT2D eigenvalue weighted by Gasteiger charge is 2.20. The molecule has 2 unspecified atom stereocenters. The van der Waals surface area contributed by atoms with Gasteiger partial charge in [0.15, 0.2) is 0 Å². The van der Waals surface area contributed by atoms with Crippen molar-refractivity contribution in [2.75, 3.05) is 6.61 Å². The van der Waals surface area contributed by atoms with Crippen molar-refractivity contribution >= 4 is 12.0 Å². The van der Waals surface area contributed by atoms with Crippen molar-refractivity contribution in [2.24, 2.45) is 11.8 Å². The molecule has 1 aliphatic carbocycles. The van der Waals surface area contributed by atoms with E-state index < -0.39 is 0 Å². The molecular formula is C19H30OS. The number of allylic oxidation sites excluding steroid dienone is 1. The Morgan fingerprint density at radius 3 is 2.52 bits per heavy atom. The fourth-order valence-electron chi connectivity index (χ4n) is 2.49. The van der Waals surface area contributed by atoms with Gasteiger partial charge in [-0.2, -0.15) is 0 Å². The summed E-state index contributed by atoms with van der Waals surface area (Å²) in [6.07, 6.45) is 8.54. The molecule has 2 heteroatoms. The van der Waals surface area contributed by atoms with Crippen molar-refractivity contribution in [3.05, 3.63) is 42.5 Å². The van der Waals surface area contributed by atoms with Crippen molar-refractivity contribution in [2.45, 2.75) is 57.8 Å². The van der Waals surface area contributed by atoms with Gasteiger partial charge >= 0.3 is 0 Å². The van der Waals surface area contributed by atoms with Crippen LogP contribution in [0.1, 0.15) is 51.5 Å². The zero-order chi connectivity index (χ0) is 15.5. The molecule has 0 aromatic heterocycles. The average molecular weight is 307 g/mol. The van der Waals surface area contributed by atoms with Crippen LogP contribution < -0.4 is 0 Å². The summed E-state index contributed by atoms with van der Waals surface area (Å²) >= 11 is 1.51. The van der Waals surface area contributed by atoms with Gasteiger partial charge in [-0.1, -0.05) is 50.5 Å². The summed E-state index contributed by atoms with van der Waals surface area (Å²) < 4.78 is 5.77. The van der Waals surface area contributed by atoms with E-state index in [1.165, 1.54) is 54.6 Å². The summed E-state index contributed by atoms with van der Waals surface area (Å²) in [4.78, 5) is 1.19. The normalized spacial score (nSPS) is 21.3. The van der Waals surface area contributed by atoms with E-state index in [1.807, 2.05) is 0 Å². The molecule has 2 atom stereocenters. The first-order valence-corrected chi connectivity index (χ1v) is 8.92. The van der Waals surface area contributed by atoms with Crippen LogP contribution in [0.2, 0.25) is 0 Å². The molecule has 1 fully saturated rings. The highest BCUT2D eigenvalue weighted by molar-refractivity contribution is 7.94. The number of rotatable bonds is 5. The van der Waals surface area contributed by atoms with E-state index >= 15 is 0 Å². The second-order valence-electron chi connectivity index (χ2n) is 5.92. The lowest BCUT2D eigenvalue weighted by Gasteiger charge is -2.26. The Labute approximate surface area is 135 Å². The van der Waals surface area contributed by atoms with Crippen molar-refractivity contribution in [3.63, 3.8) is 0 Å². The monoisotopic (exact) mass is 306 g/mol. The first kappa shape index (κ1) is 18.3. The van der Waals surface area contributed by atoms with Gasteiger partial charge in [-0.3, -0.25) is 0 Å². The molecule has 0 bridgehead atoms. The first-order chi connectivity index (χ1) is 10.2. The minimum Gasteiger partial charge on any atom is -0.310 e. The van der Waals surface area contributed by atoms with Gasteiger partial charge in [-0.05, 0) is 50.2 Å². The third-order valence-corrected chi connectivity index (χ3v) is 4.36. The maximum Gasteiger partial charge on any atom is 0.0646 e. The second kappa shape index (κ2) is 10.9. The number of benzene rings is 1. The van der Waals surface area contributed by atoms with E-state index in [0.717, 1.165) is 6.61 Å². The van der Waals surface area contributed by atoms with E-state index in [-0.39, 0.29) is 0 Å². The Morgan fingerprint density at radius 2 is 1.90 bits per heavy atom. The molecule has 21 heavy (non-hydrogen) atoms. The molecule has 0 amide bonds. The smallest absolute Gasteiger partial charge is 0.0646 e. The highest BCUT2D eigenvalue weighted by atomic mass is 32.2. The fourth-order valence-corrected chi connectivity index (χ4v) is 3.13. The van der Waals surface area contributed by atoms with E-state index in [9.17, 15) is 0 Å². The third kappa shape index (κ3) is 7.73.